The van der Waals surface area contributed by atoms with Crippen molar-refractivity contribution in [3.05, 3.63) is 70.0 Å². The minimum Gasteiger partial charge on any atom is -0.324 e. The van der Waals surface area contributed by atoms with E-state index in [4.69, 9.17) is 17.3 Å². The summed E-state index contributed by atoms with van der Waals surface area (Å²) in [6.45, 7) is 0. The van der Waals surface area contributed by atoms with E-state index in [1.54, 1.807) is 12.1 Å². The maximum absolute atomic E-state index is 13.9. The molecule has 0 saturated carbocycles. The van der Waals surface area contributed by atoms with E-state index in [1.165, 1.54) is 17.2 Å². The Morgan fingerprint density at radius 2 is 1.90 bits per heavy atom. The first-order valence-corrected chi connectivity index (χ1v) is 7.23. The molecular formula is C17H17ClFN. The molecule has 3 heteroatoms. The Kier molecular flexibility index (Phi) is 3.53. The minimum absolute atomic E-state index is 0.224. The van der Waals surface area contributed by atoms with Crippen molar-refractivity contribution in [1.29, 1.82) is 0 Å². The second-order valence-corrected chi connectivity index (χ2v) is 6.16. The summed E-state index contributed by atoms with van der Waals surface area (Å²) in [5.74, 6) is -0.224. The maximum atomic E-state index is 13.9. The van der Waals surface area contributed by atoms with Crippen LogP contribution in [-0.4, -0.2) is 5.54 Å². The number of nitrogens with two attached hydrogens (primary N) is 1. The molecule has 2 aromatic rings. The van der Waals surface area contributed by atoms with Crippen LogP contribution in [0.5, 0.6) is 0 Å². The SMILES string of the molecule is NC1(Cc2cc(Cl)ccc2F)CCc2ccccc2C1. The summed E-state index contributed by atoms with van der Waals surface area (Å²) in [6.07, 6.45) is 3.13. The number of hydrogen-bond donors (Lipinski definition) is 1. The fourth-order valence-corrected chi connectivity index (χ4v) is 3.23. The molecule has 3 rings (SSSR count). The fraction of sp³-hybridized carbons (Fsp3) is 0.294. The molecule has 0 bridgehead atoms. The molecule has 0 spiro atoms. The Hall–Kier alpha value is -1.38. The highest BCUT2D eigenvalue weighted by molar-refractivity contribution is 6.30. The fourth-order valence-electron chi connectivity index (χ4n) is 3.03. The molecule has 1 aliphatic carbocycles. The first kappa shape index (κ1) is 13.6. The molecule has 0 fully saturated rings. The average Bonchev–Trinajstić information content (AvgIpc) is 2.42. The lowest BCUT2D eigenvalue weighted by molar-refractivity contribution is 0.364. The summed E-state index contributed by atoms with van der Waals surface area (Å²) in [4.78, 5) is 0. The van der Waals surface area contributed by atoms with Crippen molar-refractivity contribution in [2.24, 2.45) is 5.73 Å². The number of fused-ring (bicyclic) bond motifs is 1. The average molecular weight is 290 g/mol. The Morgan fingerprint density at radius 1 is 1.15 bits per heavy atom. The third-order valence-electron chi connectivity index (χ3n) is 4.10. The van der Waals surface area contributed by atoms with Gasteiger partial charge < -0.3 is 5.73 Å². The van der Waals surface area contributed by atoms with Crippen LogP contribution in [0.15, 0.2) is 42.5 Å². The van der Waals surface area contributed by atoms with Crippen LogP contribution in [0.4, 0.5) is 4.39 Å². The van der Waals surface area contributed by atoms with E-state index < -0.39 is 0 Å². The number of benzene rings is 2. The van der Waals surface area contributed by atoms with Crippen LogP contribution in [0.25, 0.3) is 0 Å². The minimum atomic E-state index is -0.389. The monoisotopic (exact) mass is 289 g/mol. The van der Waals surface area contributed by atoms with Crippen molar-refractivity contribution in [3.8, 4) is 0 Å². The van der Waals surface area contributed by atoms with Gasteiger partial charge in [-0.15, -0.1) is 0 Å². The second kappa shape index (κ2) is 5.19. The summed E-state index contributed by atoms with van der Waals surface area (Å²) in [6, 6.07) is 13.0. The Labute approximate surface area is 123 Å². The second-order valence-electron chi connectivity index (χ2n) is 5.72. The molecule has 0 saturated heterocycles. The molecule has 0 aliphatic heterocycles. The predicted molar refractivity (Wildman–Crippen MR) is 80.5 cm³/mol. The van der Waals surface area contributed by atoms with Crippen LogP contribution in [0.3, 0.4) is 0 Å². The van der Waals surface area contributed by atoms with E-state index in [-0.39, 0.29) is 11.4 Å². The normalized spacial score (nSPS) is 21.6. The topological polar surface area (TPSA) is 26.0 Å². The van der Waals surface area contributed by atoms with Crippen molar-refractivity contribution >= 4 is 11.6 Å². The van der Waals surface area contributed by atoms with Gasteiger partial charge in [0.1, 0.15) is 5.82 Å². The van der Waals surface area contributed by atoms with Gasteiger partial charge in [0.15, 0.2) is 0 Å². The molecule has 0 amide bonds. The van der Waals surface area contributed by atoms with Crippen molar-refractivity contribution < 1.29 is 4.39 Å². The molecule has 2 N–H and O–H groups in total. The van der Waals surface area contributed by atoms with Gasteiger partial charge in [0, 0.05) is 10.6 Å². The zero-order valence-corrected chi connectivity index (χ0v) is 12.0. The van der Waals surface area contributed by atoms with Gasteiger partial charge in [0.05, 0.1) is 0 Å². The van der Waals surface area contributed by atoms with Gasteiger partial charge in [0.25, 0.3) is 0 Å². The lowest BCUT2D eigenvalue weighted by Crippen LogP contribution is -2.47. The van der Waals surface area contributed by atoms with E-state index >= 15 is 0 Å². The van der Waals surface area contributed by atoms with E-state index in [9.17, 15) is 4.39 Å². The van der Waals surface area contributed by atoms with Crippen LogP contribution >= 0.6 is 11.6 Å². The molecule has 1 nitrogen and oxygen atoms in total. The summed E-state index contributed by atoms with van der Waals surface area (Å²) in [5.41, 5.74) is 9.38. The van der Waals surface area contributed by atoms with Gasteiger partial charge in [-0.05, 0) is 60.6 Å². The molecule has 20 heavy (non-hydrogen) atoms. The number of rotatable bonds is 2. The van der Waals surface area contributed by atoms with Crippen LogP contribution in [-0.2, 0) is 19.3 Å². The Bertz CT molecular complexity index is 641. The highest BCUT2D eigenvalue weighted by Crippen LogP contribution is 2.30. The molecule has 2 aromatic carbocycles. The zero-order valence-electron chi connectivity index (χ0n) is 11.2. The Balaban J connectivity index is 1.86. The van der Waals surface area contributed by atoms with Crippen LogP contribution in [0.1, 0.15) is 23.1 Å². The standard InChI is InChI=1S/C17H17ClFN/c18-15-5-6-16(19)14(9-15)11-17(20)8-7-12-3-1-2-4-13(12)10-17/h1-6,9H,7-8,10-11,20H2. The molecule has 1 unspecified atom stereocenters. The summed E-state index contributed by atoms with van der Waals surface area (Å²) in [7, 11) is 0. The lowest BCUT2D eigenvalue weighted by atomic mass is 9.75. The zero-order chi connectivity index (χ0) is 14.2. The molecule has 0 aromatic heterocycles. The smallest absolute Gasteiger partial charge is 0.126 e. The van der Waals surface area contributed by atoms with Crippen molar-refractivity contribution in [2.45, 2.75) is 31.2 Å². The Morgan fingerprint density at radius 3 is 2.70 bits per heavy atom. The summed E-state index contributed by atoms with van der Waals surface area (Å²) < 4.78 is 13.9. The van der Waals surface area contributed by atoms with Crippen molar-refractivity contribution in [3.63, 3.8) is 0 Å². The summed E-state index contributed by atoms with van der Waals surface area (Å²) in [5, 5.41) is 0.557. The first-order chi connectivity index (χ1) is 9.56. The van der Waals surface area contributed by atoms with Gasteiger partial charge in [-0.1, -0.05) is 35.9 Å². The third-order valence-corrected chi connectivity index (χ3v) is 4.34. The van der Waals surface area contributed by atoms with Crippen LogP contribution < -0.4 is 5.73 Å². The lowest BCUT2D eigenvalue weighted by Gasteiger charge is -2.35. The van der Waals surface area contributed by atoms with E-state index in [0.717, 1.165) is 19.3 Å². The molecular weight excluding hydrogens is 273 g/mol. The van der Waals surface area contributed by atoms with E-state index in [2.05, 4.69) is 18.2 Å². The molecule has 1 aliphatic rings. The first-order valence-electron chi connectivity index (χ1n) is 6.85. The van der Waals surface area contributed by atoms with Crippen LogP contribution in [0, 0.1) is 5.82 Å². The van der Waals surface area contributed by atoms with Crippen LogP contribution in [0.2, 0.25) is 5.02 Å². The molecule has 104 valence electrons. The quantitative estimate of drug-likeness (QED) is 0.891. The molecule has 0 heterocycles. The van der Waals surface area contributed by atoms with Gasteiger partial charge in [-0.2, -0.15) is 0 Å². The van der Waals surface area contributed by atoms with Gasteiger partial charge in [-0.25, -0.2) is 4.39 Å². The van der Waals surface area contributed by atoms with Crippen molar-refractivity contribution in [1.82, 2.24) is 0 Å². The van der Waals surface area contributed by atoms with E-state index in [1.807, 2.05) is 6.07 Å². The number of halogens is 2. The van der Waals surface area contributed by atoms with Crippen molar-refractivity contribution in [2.75, 3.05) is 0 Å². The number of hydrogen-bond acceptors (Lipinski definition) is 1. The van der Waals surface area contributed by atoms with Gasteiger partial charge in [0.2, 0.25) is 0 Å². The predicted octanol–water partition coefficient (Wildman–Crippen LogP) is 3.91. The summed E-state index contributed by atoms with van der Waals surface area (Å²) >= 11 is 5.95. The van der Waals surface area contributed by atoms with Gasteiger partial charge in [-0.3, -0.25) is 0 Å². The largest absolute Gasteiger partial charge is 0.324 e. The highest BCUT2D eigenvalue weighted by Gasteiger charge is 2.31. The van der Waals surface area contributed by atoms with E-state index in [0.29, 0.717) is 17.0 Å². The van der Waals surface area contributed by atoms with Gasteiger partial charge >= 0.3 is 0 Å². The molecule has 0 radical (unpaired) electrons. The number of aryl methyl sites for hydroxylation is 1. The maximum Gasteiger partial charge on any atom is 0.126 e. The molecule has 1 atom stereocenters. The highest BCUT2D eigenvalue weighted by atomic mass is 35.5. The third kappa shape index (κ3) is 2.72.